The Balaban J connectivity index is 1.48. The second kappa shape index (κ2) is 8.47. The van der Waals surface area contributed by atoms with E-state index in [1.807, 2.05) is 25.1 Å². The first kappa shape index (κ1) is 19.9. The van der Waals surface area contributed by atoms with Crippen molar-refractivity contribution in [3.8, 4) is 5.75 Å². The van der Waals surface area contributed by atoms with E-state index >= 15 is 0 Å². The van der Waals surface area contributed by atoms with Gasteiger partial charge in [-0.3, -0.25) is 4.79 Å². The standard InChI is InChI=1S/C25H28O3/c1-18(8-7-9-19(2)23-17-24(26)25(3,4)28-23)14-15-27-22-13-12-20-10-5-6-11-21(20)16-22/h5-6,9-14,16-17H,7-8,15H2,1-4H3/b18-14+,19-9+. The lowest BCUT2D eigenvalue weighted by atomic mass is 10.1. The zero-order valence-electron chi connectivity index (χ0n) is 17.1. The van der Waals surface area contributed by atoms with Gasteiger partial charge in [0, 0.05) is 6.08 Å². The zero-order valence-corrected chi connectivity index (χ0v) is 17.1. The van der Waals surface area contributed by atoms with Gasteiger partial charge in [-0.1, -0.05) is 42.0 Å². The Hall–Kier alpha value is -2.81. The second-order valence-electron chi connectivity index (χ2n) is 7.78. The molecule has 0 fully saturated rings. The quantitative estimate of drug-likeness (QED) is 0.543. The van der Waals surface area contributed by atoms with Gasteiger partial charge < -0.3 is 9.47 Å². The molecule has 0 radical (unpaired) electrons. The number of carbonyl (C=O) groups is 1. The number of rotatable bonds is 7. The molecule has 1 heterocycles. The molecule has 0 amide bonds. The molecule has 0 saturated heterocycles. The van der Waals surface area contributed by atoms with Crippen molar-refractivity contribution in [2.45, 2.75) is 46.1 Å². The molecule has 0 saturated carbocycles. The Labute approximate surface area is 167 Å². The molecule has 1 aliphatic rings. The van der Waals surface area contributed by atoms with Crippen molar-refractivity contribution in [2.24, 2.45) is 0 Å². The van der Waals surface area contributed by atoms with Crippen molar-refractivity contribution in [1.29, 1.82) is 0 Å². The first-order chi connectivity index (χ1) is 13.3. The van der Waals surface area contributed by atoms with Crippen molar-refractivity contribution in [3.05, 3.63) is 77.6 Å². The van der Waals surface area contributed by atoms with E-state index in [-0.39, 0.29) is 5.78 Å². The highest BCUT2D eigenvalue weighted by molar-refractivity contribution is 5.99. The highest BCUT2D eigenvalue weighted by Crippen LogP contribution is 2.29. The van der Waals surface area contributed by atoms with E-state index in [0.717, 1.165) is 24.2 Å². The second-order valence-corrected chi connectivity index (χ2v) is 7.78. The van der Waals surface area contributed by atoms with E-state index in [4.69, 9.17) is 9.47 Å². The molecule has 0 unspecified atom stereocenters. The normalized spacial score (nSPS) is 16.9. The van der Waals surface area contributed by atoms with Gasteiger partial charge in [-0.15, -0.1) is 0 Å². The van der Waals surface area contributed by atoms with Gasteiger partial charge in [-0.2, -0.15) is 0 Å². The van der Waals surface area contributed by atoms with Gasteiger partial charge in [0.05, 0.1) is 0 Å². The number of ketones is 1. The van der Waals surface area contributed by atoms with Gasteiger partial charge in [-0.05, 0) is 75.1 Å². The molecule has 3 rings (SSSR count). The van der Waals surface area contributed by atoms with Crippen molar-refractivity contribution in [2.75, 3.05) is 6.61 Å². The van der Waals surface area contributed by atoms with E-state index < -0.39 is 5.60 Å². The maximum Gasteiger partial charge on any atom is 0.202 e. The van der Waals surface area contributed by atoms with Crippen LogP contribution in [0.25, 0.3) is 10.8 Å². The van der Waals surface area contributed by atoms with Crippen LogP contribution in [0.15, 0.2) is 77.6 Å². The minimum Gasteiger partial charge on any atom is -0.490 e. The third-order valence-electron chi connectivity index (χ3n) is 5.00. The van der Waals surface area contributed by atoms with Crippen molar-refractivity contribution in [1.82, 2.24) is 0 Å². The Bertz CT molecular complexity index is 961. The van der Waals surface area contributed by atoms with Gasteiger partial charge >= 0.3 is 0 Å². The van der Waals surface area contributed by atoms with Gasteiger partial charge in [0.1, 0.15) is 18.1 Å². The molecule has 0 N–H and O–H groups in total. The summed E-state index contributed by atoms with van der Waals surface area (Å²) in [4.78, 5) is 11.8. The fourth-order valence-electron chi connectivity index (χ4n) is 3.10. The summed E-state index contributed by atoms with van der Waals surface area (Å²) in [5.74, 6) is 1.60. The topological polar surface area (TPSA) is 35.5 Å². The van der Waals surface area contributed by atoms with Gasteiger partial charge in [0.2, 0.25) is 5.78 Å². The lowest BCUT2D eigenvalue weighted by molar-refractivity contribution is -0.126. The predicted octanol–water partition coefficient (Wildman–Crippen LogP) is 6.15. The first-order valence-corrected chi connectivity index (χ1v) is 9.75. The van der Waals surface area contributed by atoms with Crippen molar-refractivity contribution in [3.63, 3.8) is 0 Å². The van der Waals surface area contributed by atoms with E-state index in [0.29, 0.717) is 12.4 Å². The Morgan fingerprint density at radius 3 is 2.54 bits per heavy atom. The van der Waals surface area contributed by atoms with E-state index in [1.54, 1.807) is 19.9 Å². The van der Waals surface area contributed by atoms with E-state index in [2.05, 4.69) is 43.3 Å². The Morgan fingerprint density at radius 1 is 1.07 bits per heavy atom. The minimum absolute atomic E-state index is 0.0252. The van der Waals surface area contributed by atoms with Gasteiger partial charge in [0.25, 0.3) is 0 Å². The van der Waals surface area contributed by atoms with Gasteiger partial charge in [-0.25, -0.2) is 0 Å². The summed E-state index contributed by atoms with van der Waals surface area (Å²) in [5.41, 5.74) is 1.56. The number of hydrogen-bond acceptors (Lipinski definition) is 3. The lowest BCUT2D eigenvalue weighted by Gasteiger charge is -2.18. The molecule has 28 heavy (non-hydrogen) atoms. The molecule has 1 aliphatic heterocycles. The smallest absolute Gasteiger partial charge is 0.202 e. The summed E-state index contributed by atoms with van der Waals surface area (Å²) in [6, 6.07) is 14.4. The van der Waals surface area contributed by atoms with Gasteiger partial charge in [0.15, 0.2) is 5.60 Å². The molecule has 0 bridgehead atoms. The van der Waals surface area contributed by atoms with Crippen LogP contribution in [-0.2, 0) is 9.53 Å². The number of benzene rings is 2. The molecular formula is C25H28O3. The molecule has 0 aliphatic carbocycles. The lowest BCUT2D eigenvalue weighted by Crippen LogP contribution is -2.27. The average molecular weight is 376 g/mol. The first-order valence-electron chi connectivity index (χ1n) is 9.75. The summed E-state index contributed by atoms with van der Waals surface area (Å²) >= 11 is 0. The number of carbonyl (C=O) groups excluding carboxylic acids is 1. The average Bonchev–Trinajstić information content (AvgIpc) is 2.94. The van der Waals surface area contributed by atoms with Crippen LogP contribution in [0.2, 0.25) is 0 Å². The summed E-state index contributed by atoms with van der Waals surface area (Å²) < 4.78 is 11.6. The summed E-state index contributed by atoms with van der Waals surface area (Å²) in [6.07, 6.45) is 7.70. The maximum absolute atomic E-state index is 11.8. The predicted molar refractivity (Wildman–Crippen MR) is 114 cm³/mol. The summed E-state index contributed by atoms with van der Waals surface area (Å²) in [6.45, 7) is 8.26. The molecule has 3 heteroatoms. The third-order valence-corrected chi connectivity index (χ3v) is 5.00. The SMILES string of the molecule is C/C(=C\COc1ccc2ccccc2c1)CC/C=C(\C)C1=CC(=O)C(C)(C)O1. The van der Waals surface area contributed by atoms with Crippen LogP contribution in [0.1, 0.15) is 40.5 Å². The highest BCUT2D eigenvalue weighted by atomic mass is 16.5. The van der Waals surface area contributed by atoms with Crippen LogP contribution < -0.4 is 4.74 Å². The van der Waals surface area contributed by atoms with Crippen LogP contribution in [0.3, 0.4) is 0 Å². The Morgan fingerprint density at radius 2 is 1.82 bits per heavy atom. The number of hydrogen-bond donors (Lipinski definition) is 0. The zero-order chi connectivity index (χ0) is 20.1. The largest absolute Gasteiger partial charge is 0.490 e. The van der Waals surface area contributed by atoms with Crippen LogP contribution in [0.5, 0.6) is 5.75 Å². The van der Waals surface area contributed by atoms with Crippen LogP contribution in [-0.4, -0.2) is 18.0 Å². The molecule has 0 spiro atoms. The molecule has 3 nitrogen and oxygen atoms in total. The number of fused-ring (bicyclic) bond motifs is 1. The molecular weight excluding hydrogens is 348 g/mol. The Kier molecular flexibility index (Phi) is 6.03. The van der Waals surface area contributed by atoms with Crippen molar-refractivity contribution < 1.29 is 14.3 Å². The van der Waals surface area contributed by atoms with E-state index in [1.165, 1.54) is 16.3 Å². The molecule has 2 aromatic carbocycles. The van der Waals surface area contributed by atoms with Crippen LogP contribution in [0, 0.1) is 0 Å². The molecule has 0 aromatic heterocycles. The summed E-state index contributed by atoms with van der Waals surface area (Å²) in [7, 11) is 0. The monoisotopic (exact) mass is 376 g/mol. The van der Waals surface area contributed by atoms with Crippen LogP contribution >= 0.6 is 0 Å². The molecule has 0 atom stereocenters. The number of ether oxygens (including phenoxy) is 2. The molecule has 2 aromatic rings. The fraction of sp³-hybridized carbons (Fsp3) is 0.320. The fourth-order valence-corrected chi connectivity index (χ4v) is 3.10. The van der Waals surface area contributed by atoms with Crippen molar-refractivity contribution >= 4 is 16.6 Å². The minimum atomic E-state index is -0.736. The van der Waals surface area contributed by atoms with E-state index in [9.17, 15) is 4.79 Å². The summed E-state index contributed by atoms with van der Waals surface area (Å²) in [5, 5.41) is 2.40. The van der Waals surface area contributed by atoms with Crippen LogP contribution in [0.4, 0.5) is 0 Å². The highest BCUT2D eigenvalue weighted by Gasteiger charge is 2.35. The number of allylic oxidation sites excluding steroid dienone is 3. The maximum atomic E-state index is 11.8. The third kappa shape index (κ3) is 4.92. The molecule has 146 valence electrons.